The monoisotopic (exact) mass is 226 g/mol. The third-order valence-corrected chi connectivity index (χ3v) is 3.71. The summed E-state index contributed by atoms with van der Waals surface area (Å²) in [5, 5.41) is 12.5. The lowest BCUT2D eigenvalue weighted by molar-refractivity contribution is 0.142. The van der Waals surface area contributed by atoms with Gasteiger partial charge in [0.05, 0.1) is 6.10 Å². The molecule has 0 saturated heterocycles. The van der Waals surface area contributed by atoms with Crippen LogP contribution in [0, 0.1) is 5.92 Å². The Morgan fingerprint density at radius 3 is 2.59 bits per heavy atom. The molecule has 1 N–H and O–H groups in total. The van der Waals surface area contributed by atoms with Crippen LogP contribution in [0.5, 0.6) is 0 Å². The fourth-order valence-corrected chi connectivity index (χ4v) is 2.43. The Labute approximate surface area is 102 Å². The molecule has 3 rings (SSSR count). The van der Waals surface area contributed by atoms with E-state index < -0.39 is 0 Å². The van der Waals surface area contributed by atoms with Gasteiger partial charge in [-0.3, -0.25) is 0 Å². The predicted octanol–water partition coefficient (Wildman–Crippen LogP) is 3.54. The highest BCUT2D eigenvalue weighted by Gasteiger charge is 2.28. The summed E-state index contributed by atoms with van der Waals surface area (Å²) in [6.45, 7) is 0. The number of aryl methyl sites for hydroxylation is 1. The Hall–Kier alpha value is -1.34. The number of aliphatic hydroxyl groups is 1. The Kier molecular flexibility index (Phi) is 2.86. The zero-order chi connectivity index (χ0) is 11.7. The molecule has 2 aromatic rings. The molecule has 1 aliphatic carbocycles. The van der Waals surface area contributed by atoms with Crippen LogP contribution in [0.1, 0.15) is 24.8 Å². The molecule has 0 amide bonds. The van der Waals surface area contributed by atoms with E-state index in [1.807, 2.05) is 0 Å². The fourth-order valence-electron chi connectivity index (χ4n) is 2.43. The Balaban J connectivity index is 1.71. The molecule has 1 fully saturated rings. The van der Waals surface area contributed by atoms with Crippen molar-refractivity contribution in [2.45, 2.75) is 31.8 Å². The SMILES string of the molecule is OC(CCc1ccc2ccccc2c1)C1CC1. The number of benzene rings is 2. The standard InChI is InChI=1S/C16H18O/c17-16(14-8-9-14)10-6-12-5-7-13-3-1-2-4-15(13)11-12/h1-5,7,11,14,16-17H,6,8-10H2. The van der Waals surface area contributed by atoms with E-state index >= 15 is 0 Å². The van der Waals surface area contributed by atoms with Gasteiger partial charge in [0.15, 0.2) is 0 Å². The molecule has 1 nitrogen and oxygen atoms in total. The number of fused-ring (bicyclic) bond motifs is 1. The lowest BCUT2D eigenvalue weighted by Gasteiger charge is -2.09. The number of hydrogen-bond donors (Lipinski definition) is 1. The molecule has 0 radical (unpaired) electrons. The smallest absolute Gasteiger partial charge is 0.0571 e. The van der Waals surface area contributed by atoms with Crippen LogP contribution in [0.3, 0.4) is 0 Å². The summed E-state index contributed by atoms with van der Waals surface area (Å²) in [4.78, 5) is 0. The summed E-state index contributed by atoms with van der Waals surface area (Å²) in [5.74, 6) is 0.593. The summed E-state index contributed by atoms with van der Waals surface area (Å²) in [6, 6.07) is 15.0. The van der Waals surface area contributed by atoms with Gasteiger partial charge >= 0.3 is 0 Å². The molecule has 17 heavy (non-hydrogen) atoms. The fraction of sp³-hybridized carbons (Fsp3) is 0.375. The van der Waals surface area contributed by atoms with Crippen molar-refractivity contribution in [3.63, 3.8) is 0 Å². The van der Waals surface area contributed by atoms with Gasteiger partial charge in [-0.15, -0.1) is 0 Å². The van der Waals surface area contributed by atoms with Crippen LogP contribution >= 0.6 is 0 Å². The zero-order valence-corrected chi connectivity index (χ0v) is 9.97. The molecule has 2 aromatic carbocycles. The van der Waals surface area contributed by atoms with Gasteiger partial charge in [0.2, 0.25) is 0 Å². The van der Waals surface area contributed by atoms with Gasteiger partial charge in [0, 0.05) is 0 Å². The van der Waals surface area contributed by atoms with Gasteiger partial charge in [-0.1, -0.05) is 42.5 Å². The first-order valence-electron chi connectivity index (χ1n) is 6.49. The first-order chi connectivity index (χ1) is 8.33. The van der Waals surface area contributed by atoms with Gasteiger partial charge in [-0.2, -0.15) is 0 Å². The van der Waals surface area contributed by atoms with Crippen LogP contribution in [-0.4, -0.2) is 11.2 Å². The minimum Gasteiger partial charge on any atom is -0.393 e. The molecule has 1 unspecified atom stereocenters. The van der Waals surface area contributed by atoms with Gasteiger partial charge in [0.1, 0.15) is 0 Å². The molecule has 0 bridgehead atoms. The van der Waals surface area contributed by atoms with Gasteiger partial charge in [-0.05, 0) is 47.9 Å². The van der Waals surface area contributed by atoms with Crippen molar-refractivity contribution in [3.8, 4) is 0 Å². The minimum absolute atomic E-state index is 0.0820. The third kappa shape index (κ3) is 2.50. The quantitative estimate of drug-likeness (QED) is 0.845. The van der Waals surface area contributed by atoms with Crippen molar-refractivity contribution >= 4 is 10.8 Å². The second kappa shape index (κ2) is 4.50. The van der Waals surface area contributed by atoms with Crippen molar-refractivity contribution in [1.29, 1.82) is 0 Å². The highest BCUT2D eigenvalue weighted by molar-refractivity contribution is 5.82. The van der Waals surface area contributed by atoms with E-state index in [-0.39, 0.29) is 6.10 Å². The highest BCUT2D eigenvalue weighted by atomic mass is 16.3. The van der Waals surface area contributed by atoms with E-state index in [0.717, 1.165) is 12.8 Å². The molecule has 0 spiro atoms. The number of rotatable bonds is 4. The van der Waals surface area contributed by atoms with Gasteiger partial charge in [-0.25, -0.2) is 0 Å². The van der Waals surface area contributed by atoms with E-state index in [0.29, 0.717) is 5.92 Å². The number of aliphatic hydroxyl groups excluding tert-OH is 1. The first kappa shape index (κ1) is 10.8. The van der Waals surface area contributed by atoms with Crippen LogP contribution < -0.4 is 0 Å². The average molecular weight is 226 g/mol. The topological polar surface area (TPSA) is 20.2 Å². The molecule has 0 aromatic heterocycles. The molecule has 1 saturated carbocycles. The van der Waals surface area contributed by atoms with Crippen LogP contribution in [0.15, 0.2) is 42.5 Å². The third-order valence-electron chi connectivity index (χ3n) is 3.71. The van der Waals surface area contributed by atoms with Crippen molar-refractivity contribution in [3.05, 3.63) is 48.0 Å². The maximum Gasteiger partial charge on any atom is 0.0571 e. The molecule has 1 aliphatic rings. The Morgan fingerprint density at radius 1 is 1.06 bits per heavy atom. The van der Waals surface area contributed by atoms with Gasteiger partial charge < -0.3 is 5.11 Å². The summed E-state index contributed by atoms with van der Waals surface area (Å²) >= 11 is 0. The molecule has 1 heteroatoms. The van der Waals surface area contributed by atoms with Crippen LogP contribution in [-0.2, 0) is 6.42 Å². The average Bonchev–Trinajstić information content (AvgIpc) is 3.20. The second-order valence-electron chi connectivity index (χ2n) is 5.12. The number of hydrogen-bond acceptors (Lipinski definition) is 1. The molecule has 0 heterocycles. The van der Waals surface area contributed by atoms with Crippen LogP contribution in [0.2, 0.25) is 0 Å². The lowest BCUT2D eigenvalue weighted by Crippen LogP contribution is -2.09. The van der Waals surface area contributed by atoms with E-state index in [1.165, 1.54) is 29.2 Å². The van der Waals surface area contributed by atoms with E-state index in [4.69, 9.17) is 0 Å². The summed E-state index contributed by atoms with van der Waals surface area (Å²) < 4.78 is 0. The molecular formula is C16H18O. The van der Waals surface area contributed by atoms with E-state index in [2.05, 4.69) is 42.5 Å². The summed E-state index contributed by atoms with van der Waals surface area (Å²) in [7, 11) is 0. The highest BCUT2D eigenvalue weighted by Crippen LogP contribution is 2.34. The normalized spacial score (nSPS) is 17.2. The second-order valence-corrected chi connectivity index (χ2v) is 5.12. The Bertz CT molecular complexity index is 514. The van der Waals surface area contributed by atoms with Crippen molar-refractivity contribution < 1.29 is 5.11 Å². The molecule has 88 valence electrons. The van der Waals surface area contributed by atoms with Crippen molar-refractivity contribution in [2.75, 3.05) is 0 Å². The maximum atomic E-state index is 9.86. The molecule has 0 aliphatic heterocycles. The van der Waals surface area contributed by atoms with Crippen LogP contribution in [0.4, 0.5) is 0 Å². The Morgan fingerprint density at radius 2 is 1.82 bits per heavy atom. The van der Waals surface area contributed by atoms with Crippen LogP contribution in [0.25, 0.3) is 10.8 Å². The zero-order valence-electron chi connectivity index (χ0n) is 9.97. The minimum atomic E-state index is -0.0820. The van der Waals surface area contributed by atoms with E-state index in [1.54, 1.807) is 0 Å². The molecule has 1 atom stereocenters. The lowest BCUT2D eigenvalue weighted by atomic mass is 10.0. The molecular weight excluding hydrogens is 208 g/mol. The van der Waals surface area contributed by atoms with Gasteiger partial charge in [0.25, 0.3) is 0 Å². The summed E-state index contributed by atoms with van der Waals surface area (Å²) in [6.07, 6.45) is 4.25. The van der Waals surface area contributed by atoms with Crippen molar-refractivity contribution in [1.82, 2.24) is 0 Å². The van der Waals surface area contributed by atoms with Crippen molar-refractivity contribution in [2.24, 2.45) is 5.92 Å². The summed E-state index contributed by atoms with van der Waals surface area (Å²) in [5.41, 5.74) is 1.34. The first-order valence-corrected chi connectivity index (χ1v) is 6.49. The predicted molar refractivity (Wildman–Crippen MR) is 71.0 cm³/mol. The maximum absolute atomic E-state index is 9.86. The van der Waals surface area contributed by atoms with E-state index in [9.17, 15) is 5.11 Å². The largest absolute Gasteiger partial charge is 0.393 e.